The van der Waals surface area contributed by atoms with Gasteiger partial charge in [0.15, 0.2) is 5.82 Å². The van der Waals surface area contributed by atoms with Crippen LogP contribution in [-0.2, 0) is 0 Å². The van der Waals surface area contributed by atoms with Crippen LogP contribution in [0.25, 0.3) is 0 Å². The SMILES string of the molecule is Cc1nc(Cl)nc(NC(C)c2ccc(Cl)cc2Cl)c1N. The van der Waals surface area contributed by atoms with E-state index in [4.69, 9.17) is 40.5 Å². The zero-order chi connectivity index (χ0) is 14.9. The van der Waals surface area contributed by atoms with Crippen molar-refractivity contribution in [1.29, 1.82) is 0 Å². The predicted molar refractivity (Wildman–Crippen MR) is 84.7 cm³/mol. The van der Waals surface area contributed by atoms with Gasteiger partial charge in [0.05, 0.1) is 17.4 Å². The average Bonchev–Trinajstić information content (AvgIpc) is 2.35. The number of nitrogen functional groups attached to an aromatic ring is 1. The van der Waals surface area contributed by atoms with Crippen LogP contribution < -0.4 is 11.1 Å². The highest BCUT2D eigenvalue weighted by Gasteiger charge is 2.14. The van der Waals surface area contributed by atoms with Gasteiger partial charge in [-0.15, -0.1) is 0 Å². The zero-order valence-corrected chi connectivity index (χ0v) is 13.2. The second-order valence-electron chi connectivity index (χ2n) is 4.37. The smallest absolute Gasteiger partial charge is 0.224 e. The first-order valence-corrected chi connectivity index (χ1v) is 7.03. The van der Waals surface area contributed by atoms with E-state index in [1.165, 1.54) is 0 Å². The van der Waals surface area contributed by atoms with Gasteiger partial charge in [-0.05, 0) is 43.1 Å². The number of rotatable bonds is 3. The van der Waals surface area contributed by atoms with E-state index in [1.54, 1.807) is 19.1 Å². The van der Waals surface area contributed by atoms with E-state index in [2.05, 4.69) is 15.3 Å². The molecule has 1 aromatic carbocycles. The average molecular weight is 332 g/mol. The Morgan fingerprint density at radius 2 is 1.90 bits per heavy atom. The molecule has 0 spiro atoms. The summed E-state index contributed by atoms with van der Waals surface area (Å²) in [5.74, 6) is 0.487. The summed E-state index contributed by atoms with van der Waals surface area (Å²) in [5, 5.41) is 4.49. The van der Waals surface area contributed by atoms with Crippen molar-refractivity contribution >= 4 is 46.3 Å². The van der Waals surface area contributed by atoms with Crippen molar-refractivity contribution in [1.82, 2.24) is 9.97 Å². The van der Waals surface area contributed by atoms with Crippen LogP contribution in [0.3, 0.4) is 0 Å². The van der Waals surface area contributed by atoms with Crippen molar-refractivity contribution in [2.75, 3.05) is 11.1 Å². The fourth-order valence-electron chi connectivity index (χ4n) is 1.79. The molecule has 106 valence electrons. The van der Waals surface area contributed by atoms with Crippen LogP contribution in [-0.4, -0.2) is 9.97 Å². The molecular weight excluding hydrogens is 319 g/mol. The predicted octanol–water partition coefficient (Wildman–Crippen LogP) is 4.50. The quantitative estimate of drug-likeness (QED) is 0.813. The lowest BCUT2D eigenvalue weighted by atomic mass is 10.1. The van der Waals surface area contributed by atoms with Crippen LogP contribution >= 0.6 is 34.8 Å². The molecule has 0 bridgehead atoms. The minimum Gasteiger partial charge on any atom is -0.394 e. The first-order chi connectivity index (χ1) is 9.38. The summed E-state index contributed by atoms with van der Waals surface area (Å²) >= 11 is 17.9. The third kappa shape index (κ3) is 3.26. The summed E-state index contributed by atoms with van der Waals surface area (Å²) in [6.07, 6.45) is 0. The molecule has 1 heterocycles. The van der Waals surface area contributed by atoms with E-state index in [0.717, 1.165) is 5.56 Å². The molecule has 0 saturated heterocycles. The van der Waals surface area contributed by atoms with Crippen molar-refractivity contribution < 1.29 is 0 Å². The summed E-state index contributed by atoms with van der Waals surface area (Å²) in [6.45, 7) is 3.72. The van der Waals surface area contributed by atoms with Crippen molar-refractivity contribution in [3.8, 4) is 0 Å². The van der Waals surface area contributed by atoms with Crippen molar-refractivity contribution in [2.24, 2.45) is 0 Å². The number of hydrogen-bond donors (Lipinski definition) is 2. The van der Waals surface area contributed by atoms with E-state index in [1.807, 2.05) is 13.0 Å². The molecule has 0 fully saturated rings. The van der Waals surface area contributed by atoms with Gasteiger partial charge in [0.1, 0.15) is 0 Å². The first kappa shape index (κ1) is 15.2. The number of benzene rings is 1. The highest BCUT2D eigenvalue weighted by atomic mass is 35.5. The lowest BCUT2D eigenvalue weighted by Crippen LogP contribution is -2.12. The molecule has 2 aromatic rings. The van der Waals surface area contributed by atoms with Gasteiger partial charge in [-0.3, -0.25) is 0 Å². The molecule has 0 saturated carbocycles. The topological polar surface area (TPSA) is 63.8 Å². The molecule has 20 heavy (non-hydrogen) atoms. The molecule has 7 heteroatoms. The summed E-state index contributed by atoms with van der Waals surface area (Å²) < 4.78 is 0. The number of nitrogens with two attached hydrogens (primary N) is 1. The minimum absolute atomic E-state index is 0.104. The molecule has 0 aliphatic heterocycles. The largest absolute Gasteiger partial charge is 0.394 e. The molecule has 0 aliphatic rings. The highest BCUT2D eigenvalue weighted by Crippen LogP contribution is 2.30. The van der Waals surface area contributed by atoms with Gasteiger partial charge >= 0.3 is 0 Å². The van der Waals surface area contributed by atoms with E-state index >= 15 is 0 Å². The van der Waals surface area contributed by atoms with Crippen LogP contribution in [0.1, 0.15) is 24.2 Å². The summed E-state index contributed by atoms with van der Waals surface area (Å²) in [4.78, 5) is 8.08. The van der Waals surface area contributed by atoms with Crippen molar-refractivity contribution in [2.45, 2.75) is 19.9 Å². The Bertz CT molecular complexity index is 646. The third-order valence-corrected chi connectivity index (χ3v) is 3.62. The first-order valence-electron chi connectivity index (χ1n) is 5.89. The van der Waals surface area contributed by atoms with Crippen LogP contribution in [0.2, 0.25) is 15.3 Å². The zero-order valence-electron chi connectivity index (χ0n) is 10.9. The van der Waals surface area contributed by atoms with Gasteiger partial charge in [-0.25, -0.2) is 4.98 Å². The van der Waals surface area contributed by atoms with Gasteiger partial charge in [0.2, 0.25) is 5.28 Å². The standard InChI is InChI=1S/C13H13Cl3N4/c1-6(9-4-3-8(14)5-10(9)15)18-12-11(17)7(2)19-13(16)20-12/h3-6H,17H2,1-2H3,(H,18,19,20). The number of anilines is 2. The molecule has 3 N–H and O–H groups in total. The molecule has 1 aromatic heterocycles. The maximum atomic E-state index is 6.18. The third-order valence-electron chi connectivity index (χ3n) is 2.89. The fraction of sp³-hybridized carbons (Fsp3) is 0.231. The summed E-state index contributed by atoms with van der Waals surface area (Å²) in [5.41, 5.74) is 7.92. The van der Waals surface area contributed by atoms with E-state index in [9.17, 15) is 0 Å². The second kappa shape index (κ2) is 6.04. The normalized spacial score (nSPS) is 12.2. The molecule has 0 amide bonds. The number of aryl methyl sites for hydroxylation is 1. The minimum atomic E-state index is -0.104. The van der Waals surface area contributed by atoms with E-state index < -0.39 is 0 Å². The van der Waals surface area contributed by atoms with Gasteiger partial charge in [0, 0.05) is 10.0 Å². The molecule has 1 atom stereocenters. The number of hydrogen-bond acceptors (Lipinski definition) is 4. The molecule has 1 unspecified atom stereocenters. The van der Waals surface area contributed by atoms with Crippen molar-refractivity contribution in [3.63, 3.8) is 0 Å². The monoisotopic (exact) mass is 330 g/mol. The van der Waals surface area contributed by atoms with Crippen LogP contribution in [0.4, 0.5) is 11.5 Å². The van der Waals surface area contributed by atoms with Crippen molar-refractivity contribution in [3.05, 3.63) is 44.8 Å². The Labute approximate surface area is 132 Å². The lowest BCUT2D eigenvalue weighted by molar-refractivity contribution is 0.872. The maximum Gasteiger partial charge on any atom is 0.224 e. The Kier molecular flexibility index (Phi) is 4.58. The summed E-state index contributed by atoms with van der Waals surface area (Å²) in [7, 11) is 0. The van der Waals surface area contributed by atoms with Crippen LogP contribution in [0, 0.1) is 6.92 Å². The number of halogens is 3. The van der Waals surface area contributed by atoms with Gasteiger partial charge in [-0.2, -0.15) is 4.98 Å². The Morgan fingerprint density at radius 3 is 2.55 bits per heavy atom. The Morgan fingerprint density at radius 1 is 1.20 bits per heavy atom. The van der Waals surface area contributed by atoms with Gasteiger partial charge < -0.3 is 11.1 Å². The second-order valence-corrected chi connectivity index (χ2v) is 5.55. The van der Waals surface area contributed by atoms with Gasteiger partial charge in [0.25, 0.3) is 0 Å². The Hall–Kier alpha value is -1.23. The van der Waals surface area contributed by atoms with E-state index in [-0.39, 0.29) is 11.3 Å². The summed E-state index contributed by atoms with van der Waals surface area (Å²) in [6, 6.07) is 5.22. The fourth-order valence-corrected chi connectivity index (χ4v) is 2.58. The number of nitrogens with one attached hydrogen (secondary N) is 1. The number of nitrogens with zero attached hydrogens (tertiary/aromatic N) is 2. The molecule has 2 rings (SSSR count). The maximum absolute atomic E-state index is 6.18. The molecular formula is C13H13Cl3N4. The molecule has 0 radical (unpaired) electrons. The van der Waals surface area contributed by atoms with Crippen LogP contribution in [0.5, 0.6) is 0 Å². The highest BCUT2D eigenvalue weighted by molar-refractivity contribution is 6.35. The Balaban J connectivity index is 2.30. The van der Waals surface area contributed by atoms with E-state index in [0.29, 0.717) is 27.2 Å². The van der Waals surface area contributed by atoms with Crippen LogP contribution in [0.15, 0.2) is 18.2 Å². The number of aromatic nitrogens is 2. The lowest BCUT2D eigenvalue weighted by Gasteiger charge is -2.18. The molecule has 4 nitrogen and oxygen atoms in total. The van der Waals surface area contributed by atoms with Gasteiger partial charge in [-0.1, -0.05) is 29.3 Å². The molecule has 0 aliphatic carbocycles.